The molecule has 0 radical (unpaired) electrons. The van der Waals surface area contributed by atoms with Crippen LogP contribution in [0.15, 0.2) is 40.8 Å². The fourth-order valence-corrected chi connectivity index (χ4v) is 0.834. The molecule has 0 spiro atoms. The summed E-state index contributed by atoms with van der Waals surface area (Å²) in [6.45, 7) is 0. The topological polar surface area (TPSA) is 12.4 Å². The Balaban J connectivity index is 2.64. The van der Waals surface area contributed by atoms with Crippen molar-refractivity contribution < 1.29 is 0 Å². The molecule has 1 rings (SSSR count). The van der Waals surface area contributed by atoms with Gasteiger partial charge in [0.25, 0.3) is 0 Å². The molecule has 0 aromatic heterocycles. The van der Waals surface area contributed by atoms with Crippen LogP contribution >= 0.6 is 12.8 Å². The normalized spacial score (nSPS) is 11.4. The van der Waals surface area contributed by atoms with Crippen LogP contribution in [0.2, 0.25) is 0 Å². The molecule has 11 heavy (non-hydrogen) atoms. The summed E-state index contributed by atoms with van der Waals surface area (Å²) in [4.78, 5) is 0. The van der Waals surface area contributed by atoms with Gasteiger partial charge in [-0.15, -0.1) is 0 Å². The molecule has 0 aliphatic heterocycles. The standard InChI is InChI=1S/C9H9NS/c11-10-8-4-7-9-5-2-1-3-6-9/h1-8,11H/b7-4+,10-8+. The average molecular weight is 163 g/mol. The van der Waals surface area contributed by atoms with Gasteiger partial charge in [-0.05, 0) is 24.5 Å². The second kappa shape index (κ2) is 4.74. The maximum absolute atomic E-state index is 3.69. The first-order valence-corrected chi connectivity index (χ1v) is 3.72. The van der Waals surface area contributed by atoms with Crippen molar-refractivity contribution in [3.05, 3.63) is 42.0 Å². The minimum Gasteiger partial charge on any atom is -0.228 e. The van der Waals surface area contributed by atoms with E-state index in [0.717, 1.165) is 0 Å². The van der Waals surface area contributed by atoms with E-state index >= 15 is 0 Å². The monoisotopic (exact) mass is 163 g/mol. The molecule has 1 nitrogen and oxygen atoms in total. The molecule has 0 N–H and O–H groups in total. The van der Waals surface area contributed by atoms with E-state index in [2.05, 4.69) is 17.2 Å². The third-order valence-corrected chi connectivity index (χ3v) is 1.37. The first-order chi connectivity index (χ1) is 5.43. The van der Waals surface area contributed by atoms with Crippen LogP contribution in [0.25, 0.3) is 6.08 Å². The lowest BCUT2D eigenvalue weighted by atomic mass is 10.2. The summed E-state index contributed by atoms with van der Waals surface area (Å²) in [7, 11) is 0. The van der Waals surface area contributed by atoms with Crippen molar-refractivity contribution in [2.45, 2.75) is 0 Å². The van der Waals surface area contributed by atoms with Crippen molar-refractivity contribution in [3.63, 3.8) is 0 Å². The summed E-state index contributed by atoms with van der Waals surface area (Å²) in [5.74, 6) is 0. The van der Waals surface area contributed by atoms with E-state index in [1.807, 2.05) is 42.5 Å². The average Bonchev–Trinajstić information content (AvgIpc) is 2.07. The number of rotatable bonds is 2. The van der Waals surface area contributed by atoms with E-state index in [0.29, 0.717) is 0 Å². The highest BCUT2D eigenvalue weighted by Gasteiger charge is 1.78. The molecule has 1 aromatic rings. The summed E-state index contributed by atoms with van der Waals surface area (Å²) in [5, 5.41) is 0. The molecule has 0 saturated heterocycles. The highest BCUT2D eigenvalue weighted by atomic mass is 32.1. The fourth-order valence-electron chi connectivity index (χ4n) is 0.757. The SMILES string of the molecule is S/N=C/C=C/c1ccccc1. The second-order valence-electron chi connectivity index (χ2n) is 2.03. The summed E-state index contributed by atoms with van der Waals surface area (Å²) >= 11 is 3.69. The zero-order valence-electron chi connectivity index (χ0n) is 6.01. The zero-order valence-corrected chi connectivity index (χ0v) is 6.91. The Morgan fingerprint density at radius 1 is 1.18 bits per heavy atom. The van der Waals surface area contributed by atoms with E-state index in [4.69, 9.17) is 0 Å². The molecule has 0 fully saturated rings. The molecule has 56 valence electrons. The van der Waals surface area contributed by atoms with Crippen LogP contribution in [0.3, 0.4) is 0 Å². The maximum atomic E-state index is 3.69. The highest BCUT2D eigenvalue weighted by Crippen LogP contribution is 1.99. The molecule has 0 aliphatic rings. The van der Waals surface area contributed by atoms with Crippen molar-refractivity contribution in [2.75, 3.05) is 0 Å². The van der Waals surface area contributed by atoms with Crippen molar-refractivity contribution >= 4 is 25.1 Å². The lowest BCUT2D eigenvalue weighted by molar-refractivity contribution is 1.66. The minimum absolute atomic E-state index is 1.17. The maximum Gasteiger partial charge on any atom is 0.0348 e. The Kier molecular flexibility index (Phi) is 3.48. The van der Waals surface area contributed by atoms with E-state index in [9.17, 15) is 0 Å². The van der Waals surface area contributed by atoms with E-state index in [-0.39, 0.29) is 0 Å². The lowest BCUT2D eigenvalue weighted by Crippen LogP contribution is -1.67. The lowest BCUT2D eigenvalue weighted by Gasteiger charge is -1.87. The largest absolute Gasteiger partial charge is 0.228 e. The Bertz CT molecular complexity index is 252. The van der Waals surface area contributed by atoms with Gasteiger partial charge in [0.15, 0.2) is 0 Å². The number of benzene rings is 1. The summed E-state index contributed by atoms with van der Waals surface area (Å²) in [6.07, 6.45) is 5.46. The summed E-state index contributed by atoms with van der Waals surface area (Å²) in [5.41, 5.74) is 1.17. The van der Waals surface area contributed by atoms with Crippen molar-refractivity contribution in [3.8, 4) is 0 Å². The van der Waals surface area contributed by atoms with Crippen LogP contribution in [0.5, 0.6) is 0 Å². The zero-order chi connectivity index (χ0) is 7.94. The van der Waals surface area contributed by atoms with Gasteiger partial charge in [-0.1, -0.05) is 36.4 Å². The first-order valence-electron chi connectivity index (χ1n) is 3.32. The Labute approximate surface area is 72.0 Å². The van der Waals surface area contributed by atoms with Gasteiger partial charge in [0.05, 0.1) is 0 Å². The number of hydrogen-bond acceptors (Lipinski definition) is 2. The Hall–Kier alpha value is -1.02. The van der Waals surface area contributed by atoms with Gasteiger partial charge in [-0.3, -0.25) is 0 Å². The third-order valence-electron chi connectivity index (χ3n) is 1.24. The van der Waals surface area contributed by atoms with Crippen LogP contribution in [-0.4, -0.2) is 6.21 Å². The summed E-state index contributed by atoms with van der Waals surface area (Å²) in [6, 6.07) is 10.0. The molecule has 0 saturated carbocycles. The summed E-state index contributed by atoms with van der Waals surface area (Å²) < 4.78 is 3.53. The van der Waals surface area contributed by atoms with Crippen molar-refractivity contribution in [1.29, 1.82) is 0 Å². The van der Waals surface area contributed by atoms with Crippen LogP contribution in [0, 0.1) is 0 Å². The number of allylic oxidation sites excluding steroid dienone is 1. The van der Waals surface area contributed by atoms with E-state index in [1.165, 1.54) is 5.56 Å². The van der Waals surface area contributed by atoms with Gasteiger partial charge in [0.1, 0.15) is 0 Å². The second-order valence-corrected chi connectivity index (χ2v) is 2.27. The van der Waals surface area contributed by atoms with Crippen LogP contribution in [0.4, 0.5) is 0 Å². The van der Waals surface area contributed by atoms with Gasteiger partial charge in [0, 0.05) is 6.21 Å². The fraction of sp³-hybridized carbons (Fsp3) is 0. The molecule has 0 atom stereocenters. The van der Waals surface area contributed by atoms with Gasteiger partial charge < -0.3 is 0 Å². The van der Waals surface area contributed by atoms with Gasteiger partial charge in [0.2, 0.25) is 0 Å². The van der Waals surface area contributed by atoms with Crippen LogP contribution in [0.1, 0.15) is 5.56 Å². The van der Waals surface area contributed by atoms with Crippen molar-refractivity contribution in [1.82, 2.24) is 0 Å². The van der Waals surface area contributed by atoms with Gasteiger partial charge >= 0.3 is 0 Å². The van der Waals surface area contributed by atoms with Crippen molar-refractivity contribution in [2.24, 2.45) is 4.40 Å². The highest BCUT2D eigenvalue weighted by molar-refractivity contribution is 7.78. The molecule has 1 aromatic carbocycles. The number of nitrogens with zero attached hydrogens (tertiary/aromatic N) is 1. The minimum atomic E-state index is 1.17. The van der Waals surface area contributed by atoms with Crippen LogP contribution < -0.4 is 0 Å². The number of thiol groups is 1. The van der Waals surface area contributed by atoms with E-state index < -0.39 is 0 Å². The molecule has 0 unspecified atom stereocenters. The first kappa shape index (κ1) is 8.08. The van der Waals surface area contributed by atoms with Crippen LogP contribution in [-0.2, 0) is 0 Å². The molecule has 2 heteroatoms. The Morgan fingerprint density at radius 3 is 2.55 bits per heavy atom. The van der Waals surface area contributed by atoms with E-state index in [1.54, 1.807) is 6.21 Å². The molecule has 0 amide bonds. The molecule has 0 bridgehead atoms. The molecule has 0 aliphatic carbocycles. The van der Waals surface area contributed by atoms with Gasteiger partial charge in [-0.2, -0.15) is 0 Å². The predicted octanol–water partition coefficient (Wildman–Crippen LogP) is 2.62. The molecule has 0 heterocycles. The molecular weight excluding hydrogens is 154 g/mol. The Morgan fingerprint density at radius 2 is 1.91 bits per heavy atom. The molecular formula is C9H9NS. The predicted molar refractivity (Wildman–Crippen MR) is 53.0 cm³/mol. The quantitative estimate of drug-likeness (QED) is 0.508. The number of hydrogen-bond donors (Lipinski definition) is 1. The third kappa shape index (κ3) is 3.05. The smallest absolute Gasteiger partial charge is 0.0348 e. The van der Waals surface area contributed by atoms with Gasteiger partial charge in [-0.25, -0.2) is 4.40 Å².